The minimum atomic E-state index is -0.511. The highest BCUT2D eigenvalue weighted by atomic mass is 79.9. The van der Waals surface area contributed by atoms with E-state index in [0.717, 1.165) is 5.56 Å². The first-order valence-corrected chi connectivity index (χ1v) is 9.12. The van der Waals surface area contributed by atoms with Crippen molar-refractivity contribution >= 4 is 39.5 Å². The van der Waals surface area contributed by atoms with Gasteiger partial charge < -0.3 is 14.8 Å². The molecule has 0 spiro atoms. The molecule has 142 valence electrons. The average Bonchev–Trinajstić information content (AvgIpc) is 2.62. The predicted octanol–water partition coefficient (Wildman–Crippen LogP) is 4.25. The smallest absolute Gasteiger partial charge is 0.338 e. The number of anilines is 1. The molecule has 0 aliphatic heterocycles. The van der Waals surface area contributed by atoms with E-state index in [9.17, 15) is 14.4 Å². The maximum absolute atomic E-state index is 12.3. The fourth-order valence-corrected chi connectivity index (χ4v) is 2.80. The van der Waals surface area contributed by atoms with E-state index in [1.54, 1.807) is 43.3 Å². The van der Waals surface area contributed by atoms with Crippen molar-refractivity contribution in [3.8, 4) is 0 Å². The van der Waals surface area contributed by atoms with Crippen molar-refractivity contribution in [2.45, 2.75) is 27.4 Å². The molecule has 6 nitrogen and oxygen atoms in total. The summed E-state index contributed by atoms with van der Waals surface area (Å²) in [6.45, 7) is 5.31. The fraction of sp³-hybridized carbons (Fsp3) is 0.250. The number of nitrogens with one attached hydrogen (secondary N) is 1. The Balaban J connectivity index is 2.07. The van der Waals surface area contributed by atoms with Gasteiger partial charge in [-0.2, -0.15) is 0 Å². The van der Waals surface area contributed by atoms with Gasteiger partial charge in [-0.1, -0.05) is 28.1 Å². The molecule has 1 N–H and O–H groups in total. The van der Waals surface area contributed by atoms with Crippen LogP contribution in [0, 0.1) is 6.92 Å². The molecule has 0 aromatic heterocycles. The molecule has 2 rings (SSSR count). The zero-order valence-electron chi connectivity index (χ0n) is 15.3. The Kier molecular flexibility index (Phi) is 7.12. The molecule has 0 radical (unpaired) electrons. The number of halogens is 1. The van der Waals surface area contributed by atoms with Crippen LogP contribution in [0.5, 0.6) is 0 Å². The Labute approximate surface area is 166 Å². The number of hydrogen-bond donors (Lipinski definition) is 1. The van der Waals surface area contributed by atoms with Crippen LogP contribution >= 0.6 is 15.9 Å². The summed E-state index contributed by atoms with van der Waals surface area (Å²) in [4.78, 5) is 35.3. The van der Waals surface area contributed by atoms with Crippen LogP contribution < -0.4 is 5.32 Å². The third-order valence-corrected chi connectivity index (χ3v) is 4.45. The highest BCUT2D eigenvalue weighted by Crippen LogP contribution is 2.22. The summed E-state index contributed by atoms with van der Waals surface area (Å²) in [5.41, 5.74) is 2.88. The van der Waals surface area contributed by atoms with Crippen molar-refractivity contribution < 1.29 is 23.9 Å². The molecule has 0 saturated carbocycles. The number of esters is 2. The summed E-state index contributed by atoms with van der Waals surface area (Å²) in [6, 6.07) is 9.90. The molecular formula is C20H20BrNO5. The fourth-order valence-electron chi connectivity index (χ4n) is 2.31. The SMILES string of the molecule is CCOC(=O)c1ccc(COC(=O)c2ccc(C)c(NC(C)=O)c2)c(Br)c1. The second-order valence-electron chi connectivity index (χ2n) is 5.81. The Morgan fingerprint density at radius 1 is 1.00 bits per heavy atom. The van der Waals surface area contributed by atoms with E-state index in [4.69, 9.17) is 9.47 Å². The normalized spacial score (nSPS) is 10.2. The second-order valence-corrected chi connectivity index (χ2v) is 6.67. The van der Waals surface area contributed by atoms with Gasteiger partial charge in [0.05, 0.1) is 17.7 Å². The topological polar surface area (TPSA) is 81.7 Å². The minimum Gasteiger partial charge on any atom is -0.462 e. The molecule has 27 heavy (non-hydrogen) atoms. The van der Waals surface area contributed by atoms with Crippen LogP contribution in [-0.4, -0.2) is 24.5 Å². The molecular weight excluding hydrogens is 414 g/mol. The van der Waals surface area contributed by atoms with Gasteiger partial charge in [-0.05, 0) is 43.7 Å². The molecule has 0 unspecified atom stereocenters. The maximum atomic E-state index is 12.3. The van der Waals surface area contributed by atoms with Crippen LogP contribution in [-0.2, 0) is 20.9 Å². The number of ether oxygens (including phenoxy) is 2. The first-order chi connectivity index (χ1) is 12.8. The molecule has 0 fully saturated rings. The van der Waals surface area contributed by atoms with Crippen LogP contribution in [0.2, 0.25) is 0 Å². The van der Waals surface area contributed by atoms with Crippen molar-refractivity contribution in [2.24, 2.45) is 0 Å². The standard InChI is InChI=1S/C20H20BrNO5/c1-4-26-19(24)14-7-8-16(17(21)9-14)11-27-20(25)15-6-5-12(2)18(10-15)22-13(3)23/h5-10H,4,11H2,1-3H3,(H,22,23). The predicted molar refractivity (Wildman–Crippen MR) is 105 cm³/mol. The van der Waals surface area contributed by atoms with Gasteiger partial charge in [-0.3, -0.25) is 4.79 Å². The van der Waals surface area contributed by atoms with Crippen molar-refractivity contribution in [3.05, 3.63) is 63.1 Å². The van der Waals surface area contributed by atoms with Crippen LogP contribution in [0.4, 0.5) is 5.69 Å². The molecule has 2 aromatic carbocycles. The first-order valence-electron chi connectivity index (χ1n) is 8.32. The molecule has 0 atom stereocenters. The molecule has 0 saturated heterocycles. The van der Waals surface area contributed by atoms with Gasteiger partial charge in [0.15, 0.2) is 0 Å². The van der Waals surface area contributed by atoms with E-state index in [0.29, 0.717) is 33.5 Å². The van der Waals surface area contributed by atoms with E-state index in [2.05, 4.69) is 21.2 Å². The monoisotopic (exact) mass is 433 g/mol. The maximum Gasteiger partial charge on any atom is 0.338 e. The van der Waals surface area contributed by atoms with E-state index >= 15 is 0 Å². The second kappa shape index (κ2) is 9.32. The van der Waals surface area contributed by atoms with E-state index in [1.807, 2.05) is 6.92 Å². The highest BCUT2D eigenvalue weighted by Gasteiger charge is 2.13. The first kappa shape index (κ1) is 20.6. The zero-order valence-corrected chi connectivity index (χ0v) is 16.9. The van der Waals surface area contributed by atoms with Gasteiger partial charge in [0.2, 0.25) is 5.91 Å². The van der Waals surface area contributed by atoms with Crippen LogP contribution in [0.15, 0.2) is 40.9 Å². The lowest BCUT2D eigenvalue weighted by atomic mass is 10.1. The molecule has 1 amide bonds. The van der Waals surface area contributed by atoms with Crippen LogP contribution in [0.1, 0.15) is 45.7 Å². The minimum absolute atomic E-state index is 0.0336. The molecule has 0 aliphatic rings. The van der Waals surface area contributed by atoms with Crippen molar-refractivity contribution in [1.82, 2.24) is 0 Å². The third-order valence-electron chi connectivity index (χ3n) is 3.71. The Morgan fingerprint density at radius 2 is 1.63 bits per heavy atom. The van der Waals surface area contributed by atoms with E-state index < -0.39 is 11.9 Å². The summed E-state index contributed by atoms with van der Waals surface area (Å²) >= 11 is 3.37. The summed E-state index contributed by atoms with van der Waals surface area (Å²) < 4.78 is 10.9. The Bertz CT molecular complexity index is 879. The van der Waals surface area contributed by atoms with Gasteiger partial charge in [-0.25, -0.2) is 9.59 Å². The van der Waals surface area contributed by atoms with Crippen molar-refractivity contribution in [3.63, 3.8) is 0 Å². The van der Waals surface area contributed by atoms with Gasteiger partial charge in [0.1, 0.15) is 6.61 Å². The number of benzene rings is 2. The summed E-state index contributed by atoms with van der Waals surface area (Å²) in [5.74, 6) is -1.14. The van der Waals surface area contributed by atoms with Crippen LogP contribution in [0.25, 0.3) is 0 Å². The summed E-state index contributed by atoms with van der Waals surface area (Å²) in [6.07, 6.45) is 0. The lowest BCUT2D eigenvalue weighted by Crippen LogP contribution is -2.10. The quantitative estimate of drug-likeness (QED) is 0.688. The largest absolute Gasteiger partial charge is 0.462 e. The van der Waals surface area contributed by atoms with E-state index in [1.165, 1.54) is 6.92 Å². The molecule has 7 heteroatoms. The van der Waals surface area contributed by atoms with Gasteiger partial charge in [-0.15, -0.1) is 0 Å². The summed E-state index contributed by atoms with van der Waals surface area (Å²) in [5, 5.41) is 2.68. The van der Waals surface area contributed by atoms with Crippen molar-refractivity contribution in [1.29, 1.82) is 0 Å². The Hall–Kier alpha value is -2.67. The van der Waals surface area contributed by atoms with Gasteiger partial charge in [0.25, 0.3) is 0 Å². The molecule has 0 aliphatic carbocycles. The third kappa shape index (κ3) is 5.65. The molecule has 0 heterocycles. The van der Waals surface area contributed by atoms with Gasteiger partial charge in [0, 0.05) is 22.6 Å². The molecule has 0 bridgehead atoms. The van der Waals surface area contributed by atoms with Crippen molar-refractivity contribution in [2.75, 3.05) is 11.9 Å². The lowest BCUT2D eigenvalue weighted by molar-refractivity contribution is -0.114. The molecule has 2 aromatic rings. The number of carbonyl (C=O) groups excluding carboxylic acids is 3. The number of carbonyl (C=O) groups is 3. The number of amides is 1. The number of rotatable bonds is 6. The highest BCUT2D eigenvalue weighted by molar-refractivity contribution is 9.10. The number of aryl methyl sites for hydroxylation is 1. The zero-order chi connectivity index (χ0) is 20.0. The number of hydrogen-bond acceptors (Lipinski definition) is 5. The average molecular weight is 434 g/mol. The van der Waals surface area contributed by atoms with E-state index in [-0.39, 0.29) is 12.5 Å². The summed E-state index contributed by atoms with van der Waals surface area (Å²) in [7, 11) is 0. The lowest BCUT2D eigenvalue weighted by Gasteiger charge is -2.11. The Morgan fingerprint density at radius 3 is 2.26 bits per heavy atom. The van der Waals surface area contributed by atoms with Gasteiger partial charge >= 0.3 is 11.9 Å². The van der Waals surface area contributed by atoms with Crippen LogP contribution in [0.3, 0.4) is 0 Å².